The maximum atomic E-state index is 12.7. The Morgan fingerprint density at radius 2 is 1.79 bits per heavy atom. The minimum Gasteiger partial charge on any atom is -0.341 e. The molecule has 4 rings (SSSR count). The maximum absolute atomic E-state index is 12.7. The molecule has 0 radical (unpaired) electrons. The molecule has 0 saturated carbocycles. The van der Waals surface area contributed by atoms with E-state index in [1.54, 1.807) is 16.5 Å². The van der Waals surface area contributed by atoms with Gasteiger partial charge in [-0.25, -0.2) is 18.8 Å². The molecule has 1 atom stereocenters. The van der Waals surface area contributed by atoms with E-state index in [-0.39, 0.29) is 23.9 Å². The van der Waals surface area contributed by atoms with Gasteiger partial charge >= 0.3 is 11.7 Å². The number of aryl methyl sites for hydroxylation is 1. The number of carbonyl (C=O) groups is 3. The molecule has 0 unspecified atom stereocenters. The molecule has 152 valence electrons. The van der Waals surface area contributed by atoms with Crippen LogP contribution in [0.3, 0.4) is 0 Å². The molecule has 10 nitrogen and oxygen atoms in total. The van der Waals surface area contributed by atoms with Gasteiger partial charge < -0.3 is 10.2 Å². The third-order valence-corrected chi connectivity index (χ3v) is 5.38. The second-order valence-corrected chi connectivity index (χ2v) is 7.31. The number of hydrogen-bond donors (Lipinski definition) is 2. The number of benzene rings is 1. The van der Waals surface area contributed by atoms with Gasteiger partial charge in [-0.05, 0) is 25.0 Å². The van der Waals surface area contributed by atoms with Crippen molar-refractivity contribution < 1.29 is 14.4 Å². The van der Waals surface area contributed by atoms with Gasteiger partial charge in [0.25, 0.3) is 0 Å². The molecule has 2 fully saturated rings. The van der Waals surface area contributed by atoms with Crippen molar-refractivity contribution in [2.75, 3.05) is 13.1 Å². The Balaban J connectivity index is 1.49. The predicted octanol–water partition coefficient (Wildman–Crippen LogP) is -0.125. The summed E-state index contributed by atoms with van der Waals surface area (Å²) in [4.78, 5) is 49.9. The number of para-hydroxylation sites is 1. The summed E-state index contributed by atoms with van der Waals surface area (Å²) in [5.74, 6) is -0.00554. The summed E-state index contributed by atoms with van der Waals surface area (Å²) >= 11 is 0. The first-order valence-electron chi connectivity index (χ1n) is 9.54. The van der Waals surface area contributed by atoms with Crippen molar-refractivity contribution in [3.05, 3.63) is 46.6 Å². The highest BCUT2D eigenvalue weighted by Gasteiger charge is 2.35. The van der Waals surface area contributed by atoms with Crippen LogP contribution in [-0.2, 0) is 16.6 Å². The predicted molar refractivity (Wildman–Crippen MR) is 102 cm³/mol. The normalized spacial score (nSPS) is 20.3. The number of carbonyl (C=O) groups excluding carboxylic acids is 3. The van der Waals surface area contributed by atoms with Crippen LogP contribution in [-0.4, -0.2) is 56.2 Å². The number of amides is 4. The van der Waals surface area contributed by atoms with Gasteiger partial charge in [-0.3, -0.25) is 14.9 Å². The molecule has 1 aromatic heterocycles. The second kappa shape index (κ2) is 7.53. The van der Waals surface area contributed by atoms with Gasteiger partial charge in [0.15, 0.2) is 0 Å². The summed E-state index contributed by atoms with van der Waals surface area (Å²) in [5, 5.41) is 9.07. The fourth-order valence-corrected chi connectivity index (χ4v) is 3.90. The molecule has 10 heteroatoms. The number of urea groups is 1. The van der Waals surface area contributed by atoms with Gasteiger partial charge in [-0.15, -0.1) is 0 Å². The molecule has 0 spiro atoms. The summed E-state index contributed by atoms with van der Waals surface area (Å²) in [6.45, 7) is 0.939. The zero-order valence-electron chi connectivity index (χ0n) is 16.0. The number of imide groups is 1. The Kier molecular flexibility index (Phi) is 4.91. The third kappa shape index (κ3) is 3.65. The molecule has 2 aromatic rings. The largest absolute Gasteiger partial charge is 0.350 e. The van der Waals surface area contributed by atoms with E-state index in [9.17, 15) is 19.2 Å². The molecular formula is C19H22N6O4. The Morgan fingerprint density at radius 3 is 2.45 bits per heavy atom. The maximum Gasteiger partial charge on any atom is 0.350 e. The molecular weight excluding hydrogens is 376 g/mol. The number of rotatable bonds is 3. The zero-order chi connectivity index (χ0) is 20.5. The molecule has 0 bridgehead atoms. The highest BCUT2D eigenvalue weighted by molar-refractivity contribution is 6.02. The first-order valence-corrected chi connectivity index (χ1v) is 9.54. The quantitative estimate of drug-likeness (QED) is 0.747. The van der Waals surface area contributed by atoms with Crippen molar-refractivity contribution in [1.82, 2.24) is 29.9 Å². The van der Waals surface area contributed by atoms with Crippen LogP contribution >= 0.6 is 0 Å². The molecule has 3 heterocycles. The van der Waals surface area contributed by atoms with E-state index in [1.807, 2.05) is 30.3 Å². The smallest absolute Gasteiger partial charge is 0.341 e. The first kappa shape index (κ1) is 18.9. The van der Waals surface area contributed by atoms with Gasteiger partial charge in [-0.2, -0.15) is 5.10 Å². The first-order chi connectivity index (χ1) is 13.9. The van der Waals surface area contributed by atoms with Gasteiger partial charge in [-0.1, -0.05) is 18.2 Å². The lowest BCUT2D eigenvalue weighted by Gasteiger charge is -2.34. The third-order valence-electron chi connectivity index (χ3n) is 5.38. The number of hydrogen-bond acceptors (Lipinski definition) is 5. The number of nitrogens with one attached hydrogen (secondary N) is 2. The van der Waals surface area contributed by atoms with E-state index < -0.39 is 18.0 Å². The average Bonchev–Trinajstić information content (AvgIpc) is 3.02. The summed E-state index contributed by atoms with van der Waals surface area (Å²) < 4.78 is 2.95. The van der Waals surface area contributed by atoms with Crippen LogP contribution in [0.5, 0.6) is 0 Å². The topological polar surface area (TPSA) is 118 Å². The van der Waals surface area contributed by atoms with E-state index in [4.69, 9.17) is 0 Å². The number of nitrogens with zero attached hydrogens (tertiary/aromatic N) is 4. The average molecular weight is 398 g/mol. The van der Waals surface area contributed by atoms with E-state index in [0.29, 0.717) is 31.8 Å². The fourth-order valence-electron chi connectivity index (χ4n) is 3.90. The number of piperidine rings is 1. The van der Waals surface area contributed by atoms with Crippen molar-refractivity contribution in [1.29, 1.82) is 0 Å². The molecule has 1 aromatic carbocycles. The summed E-state index contributed by atoms with van der Waals surface area (Å²) in [6.07, 6.45) is 1.22. The minimum atomic E-state index is -0.829. The van der Waals surface area contributed by atoms with Crippen molar-refractivity contribution in [3.8, 4) is 5.69 Å². The Labute approximate surface area is 166 Å². The van der Waals surface area contributed by atoms with E-state index in [2.05, 4.69) is 15.7 Å². The monoisotopic (exact) mass is 398 g/mol. The van der Waals surface area contributed by atoms with Crippen molar-refractivity contribution in [2.24, 2.45) is 7.05 Å². The van der Waals surface area contributed by atoms with Crippen LogP contribution < -0.4 is 16.3 Å². The molecule has 2 aliphatic rings. The highest BCUT2D eigenvalue weighted by Crippen LogP contribution is 2.28. The Hall–Kier alpha value is -3.43. The van der Waals surface area contributed by atoms with E-state index in [0.717, 1.165) is 5.69 Å². The zero-order valence-corrected chi connectivity index (χ0v) is 16.0. The molecule has 2 N–H and O–H groups in total. The van der Waals surface area contributed by atoms with E-state index in [1.165, 1.54) is 4.68 Å². The van der Waals surface area contributed by atoms with Crippen LogP contribution in [0.2, 0.25) is 0 Å². The van der Waals surface area contributed by atoms with Crippen molar-refractivity contribution in [3.63, 3.8) is 0 Å². The minimum absolute atomic E-state index is 0.0254. The summed E-state index contributed by atoms with van der Waals surface area (Å²) in [6, 6.07) is 7.88. The second-order valence-electron chi connectivity index (χ2n) is 7.31. The molecule has 29 heavy (non-hydrogen) atoms. The molecule has 2 saturated heterocycles. The molecule has 0 aliphatic carbocycles. The molecule has 2 aliphatic heterocycles. The summed E-state index contributed by atoms with van der Waals surface area (Å²) in [5.41, 5.74) is 0.552. The van der Waals surface area contributed by atoms with Crippen LogP contribution in [0.25, 0.3) is 5.69 Å². The Morgan fingerprint density at radius 1 is 1.10 bits per heavy atom. The number of aromatic nitrogens is 3. The van der Waals surface area contributed by atoms with E-state index >= 15 is 0 Å². The van der Waals surface area contributed by atoms with Crippen LogP contribution in [0, 0.1) is 0 Å². The highest BCUT2D eigenvalue weighted by atomic mass is 16.2. The van der Waals surface area contributed by atoms with Crippen LogP contribution in [0.15, 0.2) is 35.1 Å². The van der Waals surface area contributed by atoms with Gasteiger partial charge in [0.1, 0.15) is 11.9 Å². The SMILES string of the molecule is Cn1nc(C2CCN(C(=O)[C@H]3CC(=O)NC(=O)N3)CC2)n(-c2ccccc2)c1=O. The summed E-state index contributed by atoms with van der Waals surface area (Å²) in [7, 11) is 1.63. The van der Waals surface area contributed by atoms with Crippen molar-refractivity contribution in [2.45, 2.75) is 31.2 Å². The van der Waals surface area contributed by atoms with Crippen molar-refractivity contribution >= 4 is 17.8 Å². The number of likely N-dealkylation sites (tertiary alicyclic amines) is 1. The lowest BCUT2D eigenvalue weighted by Crippen LogP contribution is -2.59. The van der Waals surface area contributed by atoms with Gasteiger partial charge in [0, 0.05) is 26.1 Å². The lowest BCUT2D eigenvalue weighted by molar-refractivity contribution is -0.137. The Bertz CT molecular complexity index is 987. The van der Waals surface area contributed by atoms with Gasteiger partial charge in [0.05, 0.1) is 12.1 Å². The fraction of sp³-hybridized carbons (Fsp3) is 0.421. The van der Waals surface area contributed by atoms with Crippen LogP contribution in [0.1, 0.15) is 31.0 Å². The lowest BCUT2D eigenvalue weighted by atomic mass is 9.95. The van der Waals surface area contributed by atoms with Crippen LogP contribution in [0.4, 0.5) is 4.79 Å². The van der Waals surface area contributed by atoms with Gasteiger partial charge in [0.2, 0.25) is 11.8 Å². The molecule has 4 amide bonds. The standard InChI is InChI=1S/C19H22N6O4/c1-23-19(29)25(13-5-3-2-4-6-13)16(22-23)12-7-9-24(10-8-12)17(27)14-11-15(26)21-18(28)20-14/h2-6,12,14H,7-11H2,1H3,(H2,20,21,26,28)/t14-/m1/s1.